The highest BCUT2D eigenvalue weighted by atomic mass is 32.1. The molecule has 1 aromatic heterocycles. The first-order valence-electron chi connectivity index (χ1n) is 4.15. The quantitative estimate of drug-likeness (QED) is 0.730. The number of aryl methyl sites for hydroxylation is 1. The van der Waals surface area contributed by atoms with Crippen LogP contribution in [0.4, 0.5) is 0 Å². The molecule has 0 aliphatic carbocycles. The molecule has 0 saturated carbocycles. The molecule has 0 aliphatic heterocycles. The summed E-state index contributed by atoms with van der Waals surface area (Å²) in [6, 6.07) is 2.00. The van der Waals surface area contributed by atoms with Crippen LogP contribution in [0, 0.1) is 6.92 Å². The Morgan fingerprint density at radius 2 is 2.29 bits per heavy atom. The van der Waals surface area contributed by atoms with Gasteiger partial charge in [-0.15, -0.1) is 11.3 Å². The van der Waals surface area contributed by atoms with Crippen molar-refractivity contribution in [3.05, 3.63) is 21.9 Å². The third-order valence-corrected chi connectivity index (χ3v) is 2.88. The van der Waals surface area contributed by atoms with Crippen molar-refractivity contribution in [1.82, 2.24) is 5.32 Å². The molecule has 0 saturated heterocycles. The van der Waals surface area contributed by atoms with E-state index in [1.807, 2.05) is 18.4 Å². The fourth-order valence-electron chi connectivity index (χ4n) is 1.03. The largest absolute Gasteiger partial charge is 0.474 e. The number of carboxylic acids is 1. The third kappa shape index (κ3) is 2.85. The van der Waals surface area contributed by atoms with Crippen molar-refractivity contribution in [3.8, 4) is 0 Å². The molecule has 76 valence electrons. The van der Waals surface area contributed by atoms with Gasteiger partial charge in [0.25, 0.3) is 0 Å². The van der Waals surface area contributed by atoms with Crippen molar-refractivity contribution in [1.29, 1.82) is 0 Å². The van der Waals surface area contributed by atoms with Gasteiger partial charge in [-0.05, 0) is 30.4 Å². The van der Waals surface area contributed by atoms with Crippen molar-refractivity contribution in [2.24, 2.45) is 0 Å². The lowest BCUT2D eigenvalue weighted by Gasteiger charge is -2.00. The lowest BCUT2D eigenvalue weighted by Crippen LogP contribution is -2.32. The van der Waals surface area contributed by atoms with Gasteiger partial charge in [-0.25, -0.2) is 4.79 Å². The van der Waals surface area contributed by atoms with E-state index >= 15 is 0 Å². The van der Waals surface area contributed by atoms with Gasteiger partial charge in [0.05, 0.1) is 0 Å². The Hall–Kier alpha value is -1.36. The number of hydrogen-bond acceptors (Lipinski definition) is 3. The summed E-state index contributed by atoms with van der Waals surface area (Å²) >= 11 is 1.61. The molecule has 1 rings (SSSR count). The molecule has 4 nitrogen and oxygen atoms in total. The molecule has 2 N–H and O–H groups in total. The van der Waals surface area contributed by atoms with E-state index in [-0.39, 0.29) is 0 Å². The number of thiophene rings is 1. The number of carbonyl (C=O) groups excluding carboxylic acids is 1. The molecule has 14 heavy (non-hydrogen) atoms. The van der Waals surface area contributed by atoms with E-state index < -0.39 is 11.9 Å². The fourth-order valence-corrected chi connectivity index (χ4v) is 1.94. The van der Waals surface area contributed by atoms with Crippen LogP contribution < -0.4 is 5.32 Å². The van der Waals surface area contributed by atoms with E-state index in [9.17, 15) is 9.59 Å². The highest BCUT2D eigenvalue weighted by Crippen LogP contribution is 2.15. The molecule has 0 aliphatic rings. The van der Waals surface area contributed by atoms with Gasteiger partial charge in [0.1, 0.15) is 0 Å². The van der Waals surface area contributed by atoms with Gasteiger partial charge >= 0.3 is 11.9 Å². The number of rotatable bonds is 3. The van der Waals surface area contributed by atoms with E-state index in [1.165, 1.54) is 10.4 Å². The van der Waals surface area contributed by atoms with Gasteiger partial charge in [0, 0.05) is 11.4 Å². The SMILES string of the molecule is Cc1ccsc1CCNC(=O)C(=O)O. The smallest absolute Gasteiger partial charge is 0.394 e. The predicted octanol–water partition coefficient (Wildman–Crippen LogP) is 0.800. The summed E-state index contributed by atoms with van der Waals surface area (Å²) in [5.74, 6) is -2.38. The van der Waals surface area contributed by atoms with E-state index in [1.54, 1.807) is 11.3 Å². The molecule has 0 bridgehead atoms. The van der Waals surface area contributed by atoms with Crippen LogP contribution in [0.25, 0.3) is 0 Å². The molecule has 1 heterocycles. The Kier molecular flexibility index (Phi) is 3.64. The number of carboxylic acid groups (broad SMARTS) is 1. The zero-order valence-electron chi connectivity index (χ0n) is 7.74. The topological polar surface area (TPSA) is 66.4 Å². The average molecular weight is 213 g/mol. The van der Waals surface area contributed by atoms with Crippen molar-refractivity contribution >= 4 is 23.2 Å². The summed E-state index contributed by atoms with van der Waals surface area (Å²) in [6.07, 6.45) is 0.683. The second-order valence-electron chi connectivity index (χ2n) is 2.84. The lowest BCUT2D eigenvalue weighted by atomic mass is 10.2. The van der Waals surface area contributed by atoms with E-state index in [0.29, 0.717) is 13.0 Å². The third-order valence-electron chi connectivity index (χ3n) is 1.80. The molecule has 0 unspecified atom stereocenters. The summed E-state index contributed by atoms with van der Waals surface area (Å²) in [7, 11) is 0. The van der Waals surface area contributed by atoms with Crippen molar-refractivity contribution < 1.29 is 14.7 Å². The van der Waals surface area contributed by atoms with Crippen molar-refractivity contribution in [2.75, 3.05) is 6.54 Å². The van der Waals surface area contributed by atoms with Gasteiger partial charge in [0.2, 0.25) is 0 Å². The monoisotopic (exact) mass is 213 g/mol. The number of carbonyl (C=O) groups is 2. The number of nitrogens with one attached hydrogen (secondary N) is 1. The molecular weight excluding hydrogens is 202 g/mol. The molecule has 0 fully saturated rings. The van der Waals surface area contributed by atoms with Crippen LogP contribution in [-0.2, 0) is 16.0 Å². The minimum atomic E-state index is -1.44. The number of aliphatic carboxylic acids is 1. The van der Waals surface area contributed by atoms with Crippen LogP contribution >= 0.6 is 11.3 Å². The molecule has 0 aromatic carbocycles. The average Bonchev–Trinajstić information content (AvgIpc) is 2.51. The highest BCUT2D eigenvalue weighted by molar-refractivity contribution is 7.10. The zero-order valence-corrected chi connectivity index (χ0v) is 8.56. The molecule has 0 atom stereocenters. The molecular formula is C9H11NO3S. The Labute approximate surface area is 85.6 Å². The van der Waals surface area contributed by atoms with Gasteiger partial charge < -0.3 is 10.4 Å². The van der Waals surface area contributed by atoms with Gasteiger partial charge in [-0.2, -0.15) is 0 Å². The molecule has 0 radical (unpaired) electrons. The maximum Gasteiger partial charge on any atom is 0.394 e. The standard InChI is InChI=1S/C9H11NO3S/c1-6-3-5-14-7(6)2-4-10-8(11)9(12)13/h3,5H,2,4H2,1H3,(H,10,11)(H,12,13). The first kappa shape index (κ1) is 10.7. The van der Waals surface area contributed by atoms with Crippen LogP contribution in [0.15, 0.2) is 11.4 Å². The van der Waals surface area contributed by atoms with Gasteiger partial charge in [-0.1, -0.05) is 0 Å². The minimum Gasteiger partial charge on any atom is -0.474 e. The van der Waals surface area contributed by atoms with Crippen LogP contribution in [0.3, 0.4) is 0 Å². The summed E-state index contributed by atoms with van der Waals surface area (Å²) < 4.78 is 0. The Balaban J connectivity index is 2.32. The van der Waals surface area contributed by atoms with Crippen LogP contribution in [-0.4, -0.2) is 23.5 Å². The Bertz CT molecular complexity index is 346. The van der Waals surface area contributed by atoms with E-state index in [2.05, 4.69) is 5.32 Å². The van der Waals surface area contributed by atoms with Crippen LogP contribution in [0.5, 0.6) is 0 Å². The molecule has 0 spiro atoms. The van der Waals surface area contributed by atoms with Gasteiger partial charge in [0.15, 0.2) is 0 Å². The second kappa shape index (κ2) is 4.76. The maximum atomic E-state index is 10.6. The van der Waals surface area contributed by atoms with Crippen LogP contribution in [0.2, 0.25) is 0 Å². The summed E-state index contributed by atoms with van der Waals surface area (Å²) in [4.78, 5) is 22.0. The fraction of sp³-hybridized carbons (Fsp3) is 0.333. The van der Waals surface area contributed by atoms with Crippen LogP contribution in [0.1, 0.15) is 10.4 Å². The zero-order chi connectivity index (χ0) is 10.6. The van der Waals surface area contributed by atoms with Crippen molar-refractivity contribution in [2.45, 2.75) is 13.3 Å². The molecule has 1 amide bonds. The summed E-state index contributed by atoms with van der Waals surface area (Å²) in [6.45, 7) is 2.36. The maximum absolute atomic E-state index is 10.6. The highest BCUT2D eigenvalue weighted by Gasteiger charge is 2.09. The summed E-state index contributed by atoms with van der Waals surface area (Å²) in [5, 5.41) is 12.6. The Morgan fingerprint density at radius 1 is 1.57 bits per heavy atom. The summed E-state index contributed by atoms with van der Waals surface area (Å²) in [5.41, 5.74) is 1.18. The van der Waals surface area contributed by atoms with E-state index in [0.717, 1.165) is 0 Å². The molecule has 5 heteroatoms. The molecule has 1 aromatic rings. The number of hydrogen-bond donors (Lipinski definition) is 2. The van der Waals surface area contributed by atoms with Crippen molar-refractivity contribution in [3.63, 3.8) is 0 Å². The van der Waals surface area contributed by atoms with E-state index in [4.69, 9.17) is 5.11 Å². The lowest BCUT2D eigenvalue weighted by molar-refractivity contribution is -0.150. The second-order valence-corrected chi connectivity index (χ2v) is 3.84. The normalized spacial score (nSPS) is 9.79. The minimum absolute atomic E-state index is 0.368. The van der Waals surface area contributed by atoms with Gasteiger partial charge in [-0.3, -0.25) is 4.79 Å². The predicted molar refractivity (Wildman–Crippen MR) is 53.4 cm³/mol. The number of amides is 1. The first-order chi connectivity index (χ1) is 6.61. The Morgan fingerprint density at radius 3 is 2.79 bits per heavy atom. The first-order valence-corrected chi connectivity index (χ1v) is 5.03.